The van der Waals surface area contributed by atoms with Gasteiger partial charge in [0.05, 0.1) is 16.6 Å². The van der Waals surface area contributed by atoms with Crippen molar-refractivity contribution in [1.29, 1.82) is 0 Å². The summed E-state index contributed by atoms with van der Waals surface area (Å²) in [6, 6.07) is 2.53. The number of hydrogen-bond donors (Lipinski definition) is 1. The Labute approximate surface area is 184 Å². The topological polar surface area (TPSA) is 113 Å². The number of carbonyl (C=O) groups excluding carboxylic acids is 2. The number of benzene rings is 1. The summed E-state index contributed by atoms with van der Waals surface area (Å²) in [5.74, 6) is -1.17. The Bertz CT molecular complexity index is 1090. The Balaban J connectivity index is 1.61. The first-order valence-corrected chi connectivity index (χ1v) is 11.4. The SMILES string of the molecule is Cc1noc(C)c1S(=O)(=O)N[C@@H](C)C(=O)N1CCN(C(=O)c2ccc(F)cc2Cl)CC1. The van der Waals surface area contributed by atoms with Crippen molar-refractivity contribution in [2.24, 2.45) is 0 Å². The van der Waals surface area contributed by atoms with Crippen molar-refractivity contribution in [1.82, 2.24) is 19.7 Å². The van der Waals surface area contributed by atoms with Crippen LogP contribution in [-0.4, -0.2) is 67.4 Å². The number of sulfonamides is 1. The maximum absolute atomic E-state index is 13.2. The zero-order chi connectivity index (χ0) is 22.9. The molecule has 1 atom stereocenters. The van der Waals surface area contributed by atoms with Gasteiger partial charge in [-0.15, -0.1) is 0 Å². The molecule has 2 heterocycles. The maximum Gasteiger partial charge on any atom is 0.255 e. The van der Waals surface area contributed by atoms with E-state index in [4.69, 9.17) is 16.1 Å². The molecule has 168 valence electrons. The number of piperazine rings is 1. The molecule has 1 N–H and O–H groups in total. The van der Waals surface area contributed by atoms with Gasteiger partial charge < -0.3 is 14.3 Å². The van der Waals surface area contributed by atoms with Crippen molar-refractivity contribution >= 4 is 33.4 Å². The maximum atomic E-state index is 13.2. The molecule has 0 unspecified atom stereocenters. The monoisotopic (exact) mass is 472 g/mol. The molecule has 12 heteroatoms. The van der Waals surface area contributed by atoms with Crippen LogP contribution >= 0.6 is 11.6 Å². The minimum atomic E-state index is -3.99. The van der Waals surface area contributed by atoms with Gasteiger partial charge in [0.25, 0.3) is 5.91 Å². The lowest BCUT2D eigenvalue weighted by Gasteiger charge is -2.36. The van der Waals surface area contributed by atoms with Crippen molar-refractivity contribution in [2.75, 3.05) is 26.2 Å². The van der Waals surface area contributed by atoms with Crippen molar-refractivity contribution in [2.45, 2.75) is 31.7 Å². The van der Waals surface area contributed by atoms with E-state index < -0.39 is 27.8 Å². The smallest absolute Gasteiger partial charge is 0.255 e. The average molecular weight is 473 g/mol. The fraction of sp³-hybridized carbons (Fsp3) is 0.421. The third-order valence-electron chi connectivity index (χ3n) is 4.98. The van der Waals surface area contributed by atoms with Gasteiger partial charge in [-0.3, -0.25) is 9.59 Å². The molecular formula is C19H22ClFN4O5S. The molecule has 3 rings (SSSR count). The van der Waals surface area contributed by atoms with Crippen LogP contribution in [-0.2, 0) is 14.8 Å². The molecule has 1 saturated heterocycles. The van der Waals surface area contributed by atoms with Gasteiger partial charge in [-0.25, -0.2) is 12.8 Å². The van der Waals surface area contributed by atoms with E-state index in [1.54, 1.807) is 0 Å². The summed E-state index contributed by atoms with van der Waals surface area (Å²) < 4.78 is 45.7. The van der Waals surface area contributed by atoms with Crippen LogP contribution in [0, 0.1) is 19.7 Å². The normalized spacial score (nSPS) is 15.8. The first-order valence-electron chi connectivity index (χ1n) is 9.49. The predicted molar refractivity (Wildman–Crippen MR) is 110 cm³/mol. The number of nitrogens with one attached hydrogen (secondary N) is 1. The fourth-order valence-corrected chi connectivity index (χ4v) is 5.21. The van der Waals surface area contributed by atoms with Crippen LogP contribution in [0.15, 0.2) is 27.6 Å². The second-order valence-corrected chi connectivity index (χ2v) is 9.30. The van der Waals surface area contributed by atoms with Crippen molar-refractivity contribution in [3.05, 3.63) is 46.1 Å². The highest BCUT2D eigenvalue weighted by atomic mass is 35.5. The number of aryl methyl sites for hydroxylation is 2. The third kappa shape index (κ3) is 4.89. The summed E-state index contributed by atoms with van der Waals surface area (Å²) in [5, 5.41) is 3.65. The Morgan fingerprint density at radius 2 is 1.81 bits per heavy atom. The van der Waals surface area contributed by atoms with Gasteiger partial charge in [-0.1, -0.05) is 16.8 Å². The van der Waals surface area contributed by atoms with Crippen LogP contribution in [0.2, 0.25) is 5.02 Å². The number of carbonyl (C=O) groups is 2. The van der Waals surface area contributed by atoms with E-state index in [1.165, 1.54) is 36.6 Å². The quantitative estimate of drug-likeness (QED) is 0.709. The van der Waals surface area contributed by atoms with Gasteiger partial charge in [-0.05, 0) is 39.0 Å². The number of halogens is 2. The minimum Gasteiger partial charge on any atom is -0.360 e. The lowest BCUT2D eigenvalue weighted by atomic mass is 10.1. The van der Waals surface area contributed by atoms with Gasteiger partial charge in [0.2, 0.25) is 15.9 Å². The predicted octanol–water partition coefficient (Wildman–Crippen LogP) is 1.74. The molecule has 2 amide bonds. The van der Waals surface area contributed by atoms with Crippen LogP contribution < -0.4 is 4.72 Å². The standard InChI is InChI=1S/C19H22ClFN4O5S/c1-11-17(13(3)30-22-11)31(28,29)23-12(2)18(26)24-6-8-25(9-7-24)19(27)15-5-4-14(21)10-16(15)20/h4-5,10,12,23H,6-9H2,1-3H3/t12-/m0/s1. The average Bonchev–Trinajstić information content (AvgIpc) is 3.05. The summed E-state index contributed by atoms with van der Waals surface area (Å²) in [6.07, 6.45) is 0. The van der Waals surface area contributed by atoms with Crippen LogP contribution in [0.25, 0.3) is 0 Å². The first kappa shape index (κ1) is 23.2. The fourth-order valence-electron chi connectivity index (χ4n) is 3.44. The zero-order valence-corrected chi connectivity index (χ0v) is 18.8. The molecule has 0 saturated carbocycles. The summed E-state index contributed by atoms with van der Waals surface area (Å²) in [5.41, 5.74) is 0.389. The summed E-state index contributed by atoms with van der Waals surface area (Å²) in [7, 11) is -3.99. The molecule has 0 aliphatic carbocycles. The van der Waals surface area contributed by atoms with Gasteiger partial charge in [0.1, 0.15) is 16.4 Å². The van der Waals surface area contributed by atoms with E-state index in [9.17, 15) is 22.4 Å². The number of nitrogens with zero attached hydrogens (tertiary/aromatic N) is 3. The Morgan fingerprint density at radius 1 is 1.19 bits per heavy atom. The van der Waals surface area contributed by atoms with E-state index in [0.717, 1.165) is 12.1 Å². The van der Waals surface area contributed by atoms with E-state index in [-0.39, 0.29) is 59.0 Å². The molecule has 31 heavy (non-hydrogen) atoms. The molecule has 0 radical (unpaired) electrons. The Kier molecular flexibility index (Phi) is 6.68. The van der Waals surface area contributed by atoms with Crippen molar-refractivity contribution in [3.8, 4) is 0 Å². The lowest BCUT2D eigenvalue weighted by molar-refractivity contribution is -0.134. The van der Waals surface area contributed by atoms with E-state index >= 15 is 0 Å². The second kappa shape index (κ2) is 8.93. The molecule has 1 aromatic heterocycles. The Morgan fingerprint density at radius 3 is 2.35 bits per heavy atom. The van der Waals surface area contributed by atoms with Crippen LogP contribution in [0.5, 0.6) is 0 Å². The van der Waals surface area contributed by atoms with Gasteiger partial charge in [0.15, 0.2) is 5.76 Å². The highest BCUT2D eigenvalue weighted by Gasteiger charge is 2.32. The summed E-state index contributed by atoms with van der Waals surface area (Å²) in [4.78, 5) is 28.3. The molecule has 2 aromatic rings. The molecule has 1 aliphatic rings. The number of amides is 2. The van der Waals surface area contributed by atoms with Crippen LogP contribution in [0.1, 0.15) is 28.7 Å². The molecular weight excluding hydrogens is 451 g/mol. The van der Waals surface area contributed by atoms with Gasteiger partial charge >= 0.3 is 0 Å². The lowest BCUT2D eigenvalue weighted by Crippen LogP contribution is -2.55. The van der Waals surface area contributed by atoms with Gasteiger partial charge in [0, 0.05) is 26.2 Å². The van der Waals surface area contributed by atoms with E-state index in [2.05, 4.69) is 9.88 Å². The molecule has 0 bridgehead atoms. The zero-order valence-electron chi connectivity index (χ0n) is 17.2. The molecule has 1 aromatic carbocycles. The largest absolute Gasteiger partial charge is 0.360 e. The van der Waals surface area contributed by atoms with E-state index in [1.807, 2.05) is 0 Å². The number of hydrogen-bond acceptors (Lipinski definition) is 6. The number of rotatable bonds is 5. The highest BCUT2D eigenvalue weighted by Crippen LogP contribution is 2.21. The van der Waals surface area contributed by atoms with E-state index in [0.29, 0.717) is 0 Å². The minimum absolute atomic E-state index is 0.0193. The van der Waals surface area contributed by atoms with Crippen molar-refractivity contribution in [3.63, 3.8) is 0 Å². The van der Waals surface area contributed by atoms with Crippen molar-refractivity contribution < 1.29 is 26.9 Å². The Hall–Kier alpha value is -2.50. The third-order valence-corrected chi connectivity index (χ3v) is 7.08. The van der Waals surface area contributed by atoms with Crippen LogP contribution in [0.4, 0.5) is 4.39 Å². The van der Waals surface area contributed by atoms with Gasteiger partial charge in [-0.2, -0.15) is 4.72 Å². The second-order valence-electron chi connectivity index (χ2n) is 7.24. The summed E-state index contributed by atoms with van der Waals surface area (Å²) >= 11 is 5.96. The molecule has 1 fully saturated rings. The molecule has 1 aliphatic heterocycles. The highest BCUT2D eigenvalue weighted by molar-refractivity contribution is 7.89. The number of aromatic nitrogens is 1. The molecule has 0 spiro atoms. The van der Waals surface area contributed by atoms with Crippen LogP contribution in [0.3, 0.4) is 0 Å². The summed E-state index contributed by atoms with van der Waals surface area (Å²) in [6.45, 7) is 5.35. The molecule has 9 nitrogen and oxygen atoms in total. The first-order chi connectivity index (χ1) is 14.5.